The van der Waals surface area contributed by atoms with E-state index in [4.69, 9.17) is 9.47 Å². The lowest BCUT2D eigenvalue weighted by atomic mass is 10.0. The molecule has 17 heavy (non-hydrogen) atoms. The highest BCUT2D eigenvalue weighted by Crippen LogP contribution is 2.19. The average molecular weight is 244 g/mol. The van der Waals surface area contributed by atoms with E-state index in [0.29, 0.717) is 19.8 Å². The van der Waals surface area contributed by atoms with Gasteiger partial charge in [0, 0.05) is 18.6 Å². The molecule has 0 radical (unpaired) electrons. The van der Waals surface area contributed by atoms with Crippen LogP contribution in [-0.4, -0.2) is 62.4 Å². The molecule has 1 N–H and O–H groups in total. The summed E-state index contributed by atoms with van der Waals surface area (Å²) in [5, 5.41) is 3.01. The number of carbonyl (C=O) groups is 1. The van der Waals surface area contributed by atoms with Crippen LogP contribution in [0.3, 0.4) is 0 Å². The van der Waals surface area contributed by atoms with Crippen LogP contribution in [-0.2, 0) is 14.3 Å². The Morgan fingerprint density at radius 2 is 2.29 bits per heavy atom. The number of hydrogen-bond acceptors (Lipinski definition) is 5. The molecule has 1 atom stereocenters. The van der Waals surface area contributed by atoms with Gasteiger partial charge in [-0.1, -0.05) is 0 Å². The fraction of sp³-hybridized carbons (Fsp3) is 0.917. The number of esters is 1. The summed E-state index contributed by atoms with van der Waals surface area (Å²) in [5.41, 5.74) is -0.0279. The molecule has 1 fully saturated rings. The molecule has 1 aliphatic heterocycles. The van der Waals surface area contributed by atoms with E-state index < -0.39 is 0 Å². The largest absolute Gasteiger partial charge is 0.465 e. The van der Waals surface area contributed by atoms with Crippen molar-refractivity contribution < 1.29 is 14.3 Å². The summed E-state index contributed by atoms with van der Waals surface area (Å²) in [7, 11) is 1.79. The predicted octanol–water partition coefficient (Wildman–Crippen LogP) is 0.248. The molecule has 1 heterocycles. The normalized spacial score (nSPS) is 22.1. The van der Waals surface area contributed by atoms with Crippen molar-refractivity contribution in [2.75, 3.05) is 40.0 Å². The highest BCUT2D eigenvalue weighted by molar-refractivity contribution is 5.76. The second kappa shape index (κ2) is 6.33. The predicted molar refractivity (Wildman–Crippen MR) is 66.0 cm³/mol. The van der Waals surface area contributed by atoms with Gasteiger partial charge < -0.3 is 14.8 Å². The third-order valence-corrected chi connectivity index (χ3v) is 3.14. The number of carbonyl (C=O) groups excluding carboxylic acids is 1. The molecule has 0 spiro atoms. The minimum absolute atomic E-state index is 0.0279. The van der Waals surface area contributed by atoms with Crippen molar-refractivity contribution in [1.29, 1.82) is 0 Å². The van der Waals surface area contributed by atoms with Crippen molar-refractivity contribution in [2.45, 2.75) is 32.4 Å². The van der Waals surface area contributed by atoms with Gasteiger partial charge in [0.05, 0.1) is 19.8 Å². The maximum absolute atomic E-state index is 11.7. The van der Waals surface area contributed by atoms with Crippen LogP contribution in [0.25, 0.3) is 0 Å². The SMILES string of the molecule is CCOC(=O)C(CN1CCOCC1(C)C)NC. The molecule has 0 amide bonds. The topological polar surface area (TPSA) is 50.8 Å². The molecule has 1 aliphatic rings. The zero-order chi connectivity index (χ0) is 12.9. The Morgan fingerprint density at radius 3 is 2.82 bits per heavy atom. The summed E-state index contributed by atoms with van der Waals surface area (Å²) < 4.78 is 10.5. The van der Waals surface area contributed by atoms with E-state index >= 15 is 0 Å². The van der Waals surface area contributed by atoms with Crippen LogP contribution < -0.4 is 5.32 Å². The molecule has 0 saturated carbocycles. The summed E-state index contributed by atoms with van der Waals surface area (Å²) in [6.45, 7) is 9.44. The van der Waals surface area contributed by atoms with Crippen molar-refractivity contribution in [3.8, 4) is 0 Å². The van der Waals surface area contributed by atoms with Crippen LogP contribution in [0, 0.1) is 0 Å². The summed E-state index contributed by atoms with van der Waals surface area (Å²) in [5.74, 6) is -0.183. The average Bonchev–Trinajstić information content (AvgIpc) is 2.27. The Hall–Kier alpha value is -0.650. The maximum Gasteiger partial charge on any atom is 0.324 e. The molecule has 0 aromatic heterocycles. The lowest BCUT2D eigenvalue weighted by molar-refractivity contribution is -0.147. The van der Waals surface area contributed by atoms with Crippen LogP contribution in [0.1, 0.15) is 20.8 Å². The number of ether oxygens (including phenoxy) is 2. The molecule has 100 valence electrons. The molecular weight excluding hydrogens is 220 g/mol. The van der Waals surface area contributed by atoms with Gasteiger partial charge in [-0.2, -0.15) is 0 Å². The smallest absolute Gasteiger partial charge is 0.324 e. The number of likely N-dealkylation sites (N-methyl/N-ethyl adjacent to an activating group) is 1. The molecule has 0 aromatic rings. The Bertz CT molecular complexity index is 256. The summed E-state index contributed by atoms with van der Waals surface area (Å²) in [4.78, 5) is 14.0. The van der Waals surface area contributed by atoms with Crippen molar-refractivity contribution in [1.82, 2.24) is 10.2 Å². The van der Waals surface area contributed by atoms with Gasteiger partial charge in [0.15, 0.2) is 0 Å². The molecule has 1 saturated heterocycles. The molecule has 5 heteroatoms. The molecular formula is C12H24N2O3. The first-order valence-electron chi connectivity index (χ1n) is 6.18. The number of morpholine rings is 1. The van der Waals surface area contributed by atoms with Gasteiger partial charge in [0.2, 0.25) is 0 Å². The maximum atomic E-state index is 11.7. The summed E-state index contributed by atoms with van der Waals surface area (Å²) in [6.07, 6.45) is 0. The molecule has 5 nitrogen and oxygen atoms in total. The number of nitrogens with zero attached hydrogens (tertiary/aromatic N) is 1. The van der Waals surface area contributed by atoms with E-state index in [1.54, 1.807) is 7.05 Å². The van der Waals surface area contributed by atoms with Gasteiger partial charge >= 0.3 is 5.97 Å². The second-order valence-corrected chi connectivity index (χ2v) is 4.90. The number of hydrogen-bond donors (Lipinski definition) is 1. The van der Waals surface area contributed by atoms with Crippen molar-refractivity contribution in [2.24, 2.45) is 0 Å². The summed E-state index contributed by atoms with van der Waals surface area (Å²) in [6, 6.07) is -0.271. The Kier molecular flexibility index (Phi) is 5.36. The lowest BCUT2D eigenvalue weighted by Gasteiger charge is -2.43. The van der Waals surface area contributed by atoms with Gasteiger partial charge in [0.1, 0.15) is 6.04 Å². The van der Waals surface area contributed by atoms with E-state index in [1.165, 1.54) is 0 Å². The Morgan fingerprint density at radius 1 is 1.59 bits per heavy atom. The highest BCUT2D eigenvalue weighted by Gasteiger charge is 2.33. The highest BCUT2D eigenvalue weighted by atomic mass is 16.5. The monoisotopic (exact) mass is 244 g/mol. The van der Waals surface area contributed by atoms with E-state index in [9.17, 15) is 4.79 Å². The van der Waals surface area contributed by atoms with Crippen LogP contribution in [0.4, 0.5) is 0 Å². The number of nitrogens with one attached hydrogen (secondary N) is 1. The third kappa shape index (κ3) is 3.94. The first-order valence-corrected chi connectivity index (χ1v) is 6.18. The molecule has 0 aromatic carbocycles. The quantitative estimate of drug-likeness (QED) is 0.703. The fourth-order valence-corrected chi connectivity index (χ4v) is 1.98. The van der Waals surface area contributed by atoms with Gasteiger partial charge in [0.25, 0.3) is 0 Å². The van der Waals surface area contributed by atoms with E-state index in [-0.39, 0.29) is 17.6 Å². The standard InChI is InChI=1S/C12H24N2O3/c1-5-17-11(15)10(13-4)8-14-6-7-16-9-12(14,2)3/h10,13H,5-9H2,1-4H3. The minimum atomic E-state index is -0.271. The first kappa shape index (κ1) is 14.4. The van der Waals surface area contributed by atoms with E-state index in [0.717, 1.165) is 13.2 Å². The van der Waals surface area contributed by atoms with Crippen LogP contribution in [0.15, 0.2) is 0 Å². The van der Waals surface area contributed by atoms with Gasteiger partial charge in [-0.25, -0.2) is 0 Å². The number of rotatable bonds is 5. The van der Waals surface area contributed by atoms with E-state index in [1.807, 2.05) is 6.92 Å². The molecule has 0 bridgehead atoms. The molecule has 1 unspecified atom stereocenters. The van der Waals surface area contributed by atoms with E-state index in [2.05, 4.69) is 24.1 Å². The minimum Gasteiger partial charge on any atom is -0.465 e. The van der Waals surface area contributed by atoms with Crippen molar-refractivity contribution >= 4 is 5.97 Å². The zero-order valence-electron chi connectivity index (χ0n) is 11.3. The lowest BCUT2D eigenvalue weighted by Crippen LogP contribution is -2.58. The van der Waals surface area contributed by atoms with Crippen LogP contribution >= 0.6 is 0 Å². The van der Waals surface area contributed by atoms with Gasteiger partial charge in [-0.3, -0.25) is 9.69 Å². The van der Waals surface area contributed by atoms with Crippen LogP contribution in [0.2, 0.25) is 0 Å². The molecule has 0 aliphatic carbocycles. The second-order valence-electron chi connectivity index (χ2n) is 4.90. The van der Waals surface area contributed by atoms with Gasteiger partial charge in [-0.15, -0.1) is 0 Å². The zero-order valence-corrected chi connectivity index (χ0v) is 11.3. The van der Waals surface area contributed by atoms with Crippen LogP contribution in [0.5, 0.6) is 0 Å². The van der Waals surface area contributed by atoms with Crippen molar-refractivity contribution in [3.05, 3.63) is 0 Å². The summed E-state index contributed by atoms with van der Waals surface area (Å²) >= 11 is 0. The fourth-order valence-electron chi connectivity index (χ4n) is 1.98. The van der Waals surface area contributed by atoms with Gasteiger partial charge in [-0.05, 0) is 27.8 Å². The van der Waals surface area contributed by atoms with Crippen molar-refractivity contribution in [3.63, 3.8) is 0 Å². The molecule has 1 rings (SSSR count). The first-order chi connectivity index (χ1) is 8.01. The Balaban J connectivity index is 2.57. The Labute approximate surface area is 103 Å². The third-order valence-electron chi connectivity index (χ3n) is 3.14.